The van der Waals surface area contributed by atoms with E-state index in [-0.39, 0.29) is 16.2 Å². The molecule has 0 aliphatic heterocycles. The Labute approximate surface area is 764 Å². The Morgan fingerprint density at radius 3 is 1.06 bits per heavy atom. The topological polar surface area (TPSA) is 138 Å². The Bertz CT molecular complexity index is 8590. The lowest BCUT2D eigenvalue weighted by Crippen LogP contribution is -2.15. The largest absolute Gasteiger partial charge is 0.319 e. The molecule has 0 fully saturated rings. The summed E-state index contributed by atoms with van der Waals surface area (Å²) in [5.41, 5.74) is 37.0. The predicted octanol–water partition coefficient (Wildman–Crippen LogP) is 30.7. The van der Waals surface area contributed by atoms with E-state index in [2.05, 4.69) is 285 Å². The van der Waals surface area contributed by atoms with Gasteiger partial charge in [-0.1, -0.05) is 290 Å². The fraction of sp³-hybridized carbons (Fsp3) is 0.0750. The summed E-state index contributed by atoms with van der Waals surface area (Å²) in [7, 11) is 0. The molecule has 24 rings (SSSR count). The van der Waals surface area contributed by atoms with Gasteiger partial charge in [-0.3, -0.25) is 0 Å². The van der Waals surface area contributed by atoms with Gasteiger partial charge in [-0.25, -0.2) is 29.5 Å². The Morgan fingerprint density at radius 2 is 0.606 bits per heavy atom. The zero-order valence-corrected chi connectivity index (χ0v) is 73.0. The molecule has 0 saturated heterocycles. The van der Waals surface area contributed by atoms with E-state index in [1.54, 1.807) is 18.6 Å². The minimum absolute atomic E-state index is 0.104. The van der Waals surface area contributed by atoms with Crippen LogP contribution in [0.5, 0.6) is 0 Å². The summed E-state index contributed by atoms with van der Waals surface area (Å²) in [5.74, 6) is 0. The zero-order valence-electron chi connectivity index (χ0n) is 73.0. The summed E-state index contributed by atoms with van der Waals surface area (Å²) in [4.78, 5) is 25.5. The number of nitriles is 3. The minimum atomic E-state index is -0.169. The van der Waals surface area contributed by atoms with Crippen LogP contribution in [0.1, 0.15) is 92.0 Å². The second kappa shape index (κ2) is 31.3. The Balaban J connectivity index is 0.000000116. The summed E-state index contributed by atoms with van der Waals surface area (Å²) < 4.78 is 6.67. The van der Waals surface area contributed by atoms with Gasteiger partial charge in [-0.05, 0) is 197 Å². The van der Waals surface area contributed by atoms with E-state index in [1.165, 1.54) is 93.7 Å². The first kappa shape index (κ1) is 80.0. The molecule has 0 N–H and O–H groups in total. The molecule has 15 aromatic carbocycles. The van der Waals surface area contributed by atoms with Gasteiger partial charge in [0, 0.05) is 101 Å². The molecule has 21 aromatic rings. The van der Waals surface area contributed by atoms with Gasteiger partial charge in [0.2, 0.25) is 17.1 Å². The van der Waals surface area contributed by atoms with Crippen LogP contribution in [0.25, 0.3) is 197 Å². The van der Waals surface area contributed by atoms with Crippen molar-refractivity contribution in [2.75, 3.05) is 0 Å². The lowest BCUT2D eigenvalue weighted by molar-refractivity contribution is 0.661. The van der Waals surface area contributed by atoms with Crippen molar-refractivity contribution in [3.05, 3.63) is 449 Å². The van der Waals surface area contributed by atoms with Crippen molar-refractivity contribution in [2.45, 2.75) is 57.8 Å². The molecule has 3 aliphatic carbocycles. The van der Waals surface area contributed by atoms with Crippen LogP contribution >= 0.6 is 0 Å². The first-order valence-electron chi connectivity index (χ1n) is 44.0. The molecular formula is C120H78N12. The molecule has 0 bridgehead atoms. The number of nitrogens with zero attached hydrogens (tertiary/aromatic N) is 12. The molecule has 0 radical (unpaired) electrons. The smallest absolute Gasteiger partial charge is 0.211 e. The van der Waals surface area contributed by atoms with Crippen LogP contribution in [-0.2, 0) is 16.2 Å². The molecule has 132 heavy (non-hydrogen) atoms. The highest BCUT2D eigenvalue weighted by Crippen LogP contribution is 2.57. The van der Waals surface area contributed by atoms with Gasteiger partial charge < -0.3 is 13.7 Å². The molecule has 0 atom stereocenters. The van der Waals surface area contributed by atoms with Crippen LogP contribution in [0, 0.1) is 53.7 Å². The van der Waals surface area contributed by atoms with E-state index in [9.17, 15) is 15.8 Å². The van der Waals surface area contributed by atoms with Gasteiger partial charge in [0.1, 0.15) is 35.3 Å². The number of pyridine rings is 3. The maximum absolute atomic E-state index is 9.92. The standard InChI is InChI=1S/3C40H26N4/c1-40(2)32-15-9-7-13-28(32)29-18-20-37-38(39(29)40)30-14-8-10-16-35(30)44(37)36-19-17-26(22-33(36)42-3)31-21-27(24-43-34(31)23-41)25-11-5-4-6-12-25;1-40(2)31-15-9-7-13-28(31)38-32(40)18-20-37-39(38)29-14-8-10-16-35(29)44(37)36-19-17-26(22-33(36)42-3)30-21-27(24-43-34(30)23-41)25-11-5-4-6-12-25;1-40(2)33-15-9-7-13-28(33)31-22-39-32(21-34(31)40)29-14-8-10-16-37(29)44(39)38-18-17-26(20-35(38)42-3)30-19-27(24-43-36(30)23-41)25-11-5-4-6-12-25/h3*4-22,24H,1-2H3. The van der Waals surface area contributed by atoms with Gasteiger partial charge in [-0.2, -0.15) is 15.8 Å². The van der Waals surface area contributed by atoms with Crippen molar-refractivity contribution in [1.29, 1.82) is 15.8 Å². The van der Waals surface area contributed by atoms with Gasteiger partial charge in [0.05, 0.1) is 69.9 Å². The number of para-hydroxylation sites is 3. The molecule has 12 heteroatoms. The van der Waals surface area contributed by atoms with Crippen LogP contribution in [0.3, 0.4) is 0 Å². The normalized spacial score (nSPS) is 12.9. The average molecular weight is 1690 g/mol. The second-order valence-corrected chi connectivity index (χ2v) is 35.5. The first-order chi connectivity index (χ1) is 64.5. The van der Waals surface area contributed by atoms with Crippen LogP contribution < -0.4 is 0 Å². The van der Waals surface area contributed by atoms with Gasteiger partial charge in [0.25, 0.3) is 0 Å². The summed E-state index contributed by atoms with van der Waals surface area (Å²) in [6.07, 6.45) is 5.20. The molecule has 3 aliphatic rings. The Morgan fingerprint density at radius 1 is 0.250 bits per heavy atom. The predicted molar refractivity (Wildman–Crippen MR) is 534 cm³/mol. The average Bonchev–Trinajstić information content (AvgIpc) is 1.59. The molecule has 6 aromatic heterocycles. The lowest BCUT2D eigenvalue weighted by atomic mass is 9.80. The van der Waals surface area contributed by atoms with Crippen LogP contribution in [0.15, 0.2) is 364 Å². The zero-order chi connectivity index (χ0) is 90.0. The van der Waals surface area contributed by atoms with Crippen molar-refractivity contribution in [2.24, 2.45) is 0 Å². The lowest BCUT2D eigenvalue weighted by Gasteiger charge is -2.22. The van der Waals surface area contributed by atoms with E-state index in [0.29, 0.717) is 50.8 Å². The molecule has 618 valence electrons. The van der Waals surface area contributed by atoms with Crippen LogP contribution in [0.4, 0.5) is 17.1 Å². The Hall–Kier alpha value is -17.9. The molecule has 0 amide bonds. The number of rotatable bonds is 9. The molecule has 0 spiro atoms. The fourth-order valence-electron chi connectivity index (χ4n) is 21.1. The van der Waals surface area contributed by atoms with Crippen molar-refractivity contribution in [3.63, 3.8) is 0 Å². The molecular weight excluding hydrogens is 1610 g/mol. The highest BCUT2D eigenvalue weighted by Gasteiger charge is 2.41. The van der Waals surface area contributed by atoms with E-state index < -0.39 is 0 Å². The Kier molecular flexibility index (Phi) is 19.0. The van der Waals surface area contributed by atoms with E-state index in [1.807, 2.05) is 164 Å². The van der Waals surface area contributed by atoms with E-state index >= 15 is 0 Å². The SMILES string of the molecule is [C-]#[N+]c1cc(-c2cc(-c3ccccc3)cnc2C#N)ccc1-n1c2ccccc2c2c3c(ccc21)-c1ccccc1C3(C)C.[C-]#[N+]c1cc(-c2cc(-c3ccccc3)cnc2C#N)ccc1-n1c2ccccc2c2c3c(ccc21)C(C)(C)c1ccccc1-3.[C-]#[N+]c1cc(-c2cc(-c3ccccc3)cnc2C#N)ccc1-n1c2ccccc2c2cc3c(cc21)-c1ccccc1C3(C)C. The van der Waals surface area contributed by atoms with Crippen molar-refractivity contribution < 1.29 is 0 Å². The third-order valence-electron chi connectivity index (χ3n) is 27.4. The minimum Gasteiger partial charge on any atom is -0.319 e. The second-order valence-electron chi connectivity index (χ2n) is 35.5. The number of aromatic nitrogens is 6. The third kappa shape index (κ3) is 12.5. The summed E-state index contributed by atoms with van der Waals surface area (Å²) in [5, 5.41) is 36.9. The molecule has 0 unspecified atom stereocenters. The molecule has 0 saturated carbocycles. The van der Waals surface area contributed by atoms with E-state index in [4.69, 9.17) is 19.7 Å². The highest BCUT2D eigenvalue weighted by molar-refractivity contribution is 6.19. The van der Waals surface area contributed by atoms with Gasteiger partial charge in [-0.15, -0.1) is 0 Å². The number of fused-ring (bicyclic) bond motifs is 20. The fourth-order valence-corrected chi connectivity index (χ4v) is 21.1. The van der Waals surface area contributed by atoms with Crippen molar-refractivity contribution in [1.82, 2.24) is 28.7 Å². The monoisotopic (exact) mass is 1690 g/mol. The number of hydrogen-bond acceptors (Lipinski definition) is 6. The number of benzene rings is 15. The summed E-state index contributed by atoms with van der Waals surface area (Å²) >= 11 is 0. The van der Waals surface area contributed by atoms with E-state index in [0.717, 1.165) is 106 Å². The quantitative estimate of drug-likeness (QED) is 0.132. The summed E-state index contributed by atoms with van der Waals surface area (Å²) in [6.45, 7) is 38.6. The molecule has 12 nitrogen and oxygen atoms in total. The highest BCUT2D eigenvalue weighted by atomic mass is 15.0. The maximum atomic E-state index is 9.92. The van der Waals surface area contributed by atoms with Crippen molar-refractivity contribution in [3.8, 4) is 135 Å². The van der Waals surface area contributed by atoms with Crippen molar-refractivity contribution >= 4 is 82.5 Å². The van der Waals surface area contributed by atoms with Gasteiger partial charge in [0.15, 0.2) is 0 Å². The third-order valence-corrected chi connectivity index (χ3v) is 27.4. The van der Waals surface area contributed by atoms with Crippen LogP contribution in [-0.4, -0.2) is 28.7 Å². The van der Waals surface area contributed by atoms with Gasteiger partial charge >= 0.3 is 0 Å². The summed E-state index contributed by atoms with van der Waals surface area (Å²) in [6, 6.07) is 126. The first-order valence-corrected chi connectivity index (χ1v) is 44.0. The molecule has 6 heterocycles. The van der Waals surface area contributed by atoms with Crippen LogP contribution in [0.2, 0.25) is 0 Å². The number of hydrogen-bond donors (Lipinski definition) is 0. The maximum Gasteiger partial charge on any atom is 0.211 e.